The summed E-state index contributed by atoms with van der Waals surface area (Å²) < 4.78 is 0. The first-order valence-corrected chi connectivity index (χ1v) is 7.50. The van der Waals surface area contributed by atoms with Gasteiger partial charge in [-0.2, -0.15) is 4.98 Å². The molecule has 0 spiro atoms. The number of nitrogens with one attached hydrogen (secondary N) is 1. The van der Waals surface area contributed by atoms with Crippen molar-refractivity contribution in [1.82, 2.24) is 9.97 Å². The zero-order chi connectivity index (χ0) is 15.1. The molecule has 114 valence electrons. The molecule has 1 aliphatic heterocycles. The molecule has 7 heteroatoms. The van der Waals surface area contributed by atoms with Gasteiger partial charge in [-0.15, -0.1) is 0 Å². The third-order valence-corrected chi connectivity index (χ3v) is 4.53. The van der Waals surface area contributed by atoms with Crippen LogP contribution in [-0.4, -0.2) is 35.0 Å². The summed E-state index contributed by atoms with van der Waals surface area (Å²) >= 11 is 0. The third kappa shape index (κ3) is 2.07. The molecule has 2 heterocycles. The lowest BCUT2D eigenvalue weighted by molar-refractivity contribution is -0.120. The van der Waals surface area contributed by atoms with E-state index in [0.717, 1.165) is 25.7 Å². The van der Waals surface area contributed by atoms with E-state index in [2.05, 4.69) is 9.97 Å². The average Bonchev–Trinajstić information content (AvgIpc) is 2.95. The number of likely N-dealkylation sites (N-methyl/N-ethyl adjacent to an activating group) is 1. The van der Waals surface area contributed by atoms with Gasteiger partial charge in [0.2, 0.25) is 11.9 Å². The number of nitrogens with zero attached hydrogens (tertiary/aromatic N) is 3. The molecule has 1 amide bonds. The molecule has 1 saturated carbocycles. The average molecular weight is 291 g/mol. The molecule has 0 aromatic carbocycles. The van der Waals surface area contributed by atoms with Gasteiger partial charge in [-0.05, 0) is 19.3 Å². The Morgan fingerprint density at radius 1 is 1.33 bits per heavy atom. The Bertz CT molecular complexity index is 620. The Hall–Kier alpha value is -2.05. The van der Waals surface area contributed by atoms with Crippen molar-refractivity contribution in [2.75, 3.05) is 22.6 Å². The van der Waals surface area contributed by atoms with Crippen LogP contribution in [0.5, 0.6) is 0 Å². The molecule has 1 aliphatic carbocycles. The first-order valence-electron chi connectivity index (χ1n) is 7.50. The second-order valence-electron chi connectivity index (χ2n) is 5.79. The predicted octanol–water partition coefficient (Wildman–Crippen LogP) is 0.856. The van der Waals surface area contributed by atoms with Gasteiger partial charge in [0.25, 0.3) is 5.56 Å². The van der Waals surface area contributed by atoms with E-state index in [1.165, 1.54) is 4.90 Å². The number of carbonyl (C=O) groups is 1. The van der Waals surface area contributed by atoms with Gasteiger partial charge in [-0.1, -0.05) is 19.8 Å². The third-order valence-electron chi connectivity index (χ3n) is 4.53. The molecule has 0 saturated heterocycles. The second kappa shape index (κ2) is 5.05. The maximum absolute atomic E-state index is 12.6. The topological polar surface area (TPSA) is 95.3 Å². The van der Waals surface area contributed by atoms with Crippen molar-refractivity contribution in [2.24, 2.45) is 0 Å². The van der Waals surface area contributed by atoms with Gasteiger partial charge in [-0.3, -0.25) is 14.6 Å². The minimum absolute atomic E-state index is 0.0472. The van der Waals surface area contributed by atoms with Gasteiger partial charge in [0, 0.05) is 13.1 Å². The van der Waals surface area contributed by atoms with Crippen LogP contribution in [-0.2, 0) is 4.79 Å². The van der Waals surface area contributed by atoms with E-state index in [9.17, 15) is 9.59 Å². The van der Waals surface area contributed by atoms with Crippen LogP contribution in [0.4, 0.5) is 17.5 Å². The molecule has 1 aromatic heterocycles. The van der Waals surface area contributed by atoms with Crippen LogP contribution in [0.2, 0.25) is 0 Å². The lowest BCUT2D eigenvalue weighted by Crippen LogP contribution is -2.57. The molecule has 1 unspecified atom stereocenters. The Labute approximate surface area is 123 Å². The zero-order valence-corrected chi connectivity index (χ0v) is 12.4. The van der Waals surface area contributed by atoms with Crippen LogP contribution in [0.15, 0.2) is 4.79 Å². The fraction of sp³-hybridized carbons (Fsp3) is 0.643. The summed E-state index contributed by atoms with van der Waals surface area (Å²) in [6.07, 6.45) is 5.04. The lowest BCUT2D eigenvalue weighted by atomic mass is 10.0. The van der Waals surface area contributed by atoms with Crippen LogP contribution in [0.3, 0.4) is 0 Å². The minimum atomic E-state index is -0.356. The van der Waals surface area contributed by atoms with Crippen LogP contribution >= 0.6 is 0 Å². The van der Waals surface area contributed by atoms with E-state index >= 15 is 0 Å². The molecular weight excluding hydrogens is 270 g/mol. The predicted molar refractivity (Wildman–Crippen MR) is 81.5 cm³/mol. The number of anilines is 3. The number of rotatable bonds is 2. The first-order chi connectivity index (χ1) is 10.0. The number of nitrogen functional groups attached to an aromatic ring is 1. The summed E-state index contributed by atoms with van der Waals surface area (Å²) in [5.41, 5.74) is 5.67. The summed E-state index contributed by atoms with van der Waals surface area (Å²) in [5, 5.41) is 0. The number of nitrogens with two attached hydrogens (primary N) is 1. The number of fused-ring (bicyclic) bond motifs is 1. The molecule has 2 aliphatic rings. The van der Waals surface area contributed by atoms with Crippen molar-refractivity contribution in [3.63, 3.8) is 0 Å². The Kier molecular flexibility index (Phi) is 3.35. The molecule has 0 bridgehead atoms. The highest BCUT2D eigenvalue weighted by molar-refractivity contribution is 6.04. The van der Waals surface area contributed by atoms with Crippen molar-refractivity contribution in [3.05, 3.63) is 10.4 Å². The fourth-order valence-corrected chi connectivity index (χ4v) is 3.54. The van der Waals surface area contributed by atoms with Crippen molar-refractivity contribution in [2.45, 2.75) is 51.1 Å². The van der Waals surface area contributed by atoms with Gasteiger partial charge in [0.1, 0.15) is 6.04 Å². The highest BCUT2D eigenvalue weighted by atomic mass is 16.2. The zero-order valence-electron chi connectivity index (χ0n) is 12.4. The minimum Gasteiger partial charge on any atom is -0.369 e. The number of hydrogen-bond donors (Lipinski definition) is 2. The van der Waals surface area contributed by atoms with E-state index < -0.39 is 0 Å². The monoisotopic (exact) mass is 291 g/mol. The lowest BCUT2D eigenvalue weighted by Gasteiger charge is -2.43. The Morgan fingerprint density at radius 3 is 2.62 bits per heavy atom. The SMILES string of the molecule is CCC1C(=O)N(C)c2c(nc(N)[nH]c2=O)N1C1CCCC1. The van der Waals surface area contributed by atoms with Crippen LogP contribution in [0, 0.1) is 0 Å². The summed E-state index contributed by atoms with van der Waals surface area (Å²) in [6, 6.07) is -0.000602. The number of amides is 1. The highest BCUT2D eigenvalue weighted by Gasteiger charge is 2.42. The van der Waals surface area contributed by atoms with E-state index in [4.69, 9.17) is 5.73 Å². The molecular formula is C14H21N5O2. The van der Waals surface area contributed by atoms with Gasteiger partial charge < -0.3 is 15.5 Å². The molecule has 3 rings (SSSR count). The molecule has 7 nitrogen and oxygen atoms in total. The van der Waals surface area contributed by atoms with Crippen LogP contribution in [0.25, 0.3) is 0 Å². The normalized spacial score (nSPS) is 22.8. The molecule has 0 radical (unpaired) electrons. The van der Waals surface area contributed by atoms with E-state index in [1.807, 2.05) is 11.8 Å². The summed E-state index contributed by atoms with van der Waals surface area (Å²) in [7, 11) is 1.63. The highest BCUT2D eigenvalue weighted by Crippen LogP contribution is 2.37. The Morgan fingerprint density at radius 2 is 2.00 bits per heavy atom. The van der Waals surface area contributed by atoms with Crippen molar-refractivity contribution in [3.8, 4) is 0 Å². The van der Waals surface area contributed by atoms with Crippen LogP contribution in [0.1, 0.15) is 39.0 Å². The van der Waals surface area contributed by atoms with Crippen molar-refractivity contribution in [1.29, 1.82) is 0 Å². The molecule has 3 N–H and O–H groups in total. The molecule has 21 heavy (non-hydrogen) atoms. The number of carbonyl (C=O) groups excluding carboxylic acids is 1. The quantitative estimate of drug-likeness (QED) is 0.842. The first kappa shape index (κ1) is 13.9. The number of aromatic nitrogens is 2. The van der Waals surface area contributed by atoms with Gasteiger partial charge in [0.15, 0.2) is 11.5 Å². The van der Waals surface area contributed by atoms with E-state index in [1.54, 1.807) is 7.05 Å². The number of hydrogen-bond acceptors (Lipinski definition) is 5. The largest absolute Gasteiger partial charge is 0.369 e. The van der Waals surface area contributed by atoms with E-state index in [-0.39, 0.29) is 29.5 Å². The summed E-state index contributed by atoms with van der Waals surface area (Å²) in [4.78, 5) is 35.1. The van der Waals surface area contributed by atoms with Crippen LogP contribution < -0.4 is 21.1 Å². The number of aromatic amines is 1. The van der Waals surface area contributed by atoms with Crippen molar-refractivity contribution < 1.29 is 4.79 Å². The summed E-state index contributed by atoms with van der Waals surface area (Å²) in [5.74, 6) is 0.602. The number of H-pyrrole nitrogens is 1. The maximum atomic E-state index is 12.6. The second-order valence-corrected chi connectivity index (χ2v) is 5.79. The van der Waals surface area contributed by atoms with Gasteiger partial charge in [0.05, 0.1) is 0 Å². The van der Waals surface area contributed by atoms with Gasteiger partial charge in [-0.25, -0.2) is 0 Å². The molecule has 1 fully saturated rings. The maximum Gasteiger partial charge on any atom is 0.278 e. The van der Waals surface area contributed by atoms with Gasteiger partial charge >= 0.3 is 0 Å². The molecule has 1 aromatic rings. The standard InChI is InChI=1S/C14H21N5O2/c1-3-9-13(21)18(2)10-11(16-14(15)17-12(10)20)19(9)8-6-4-5-7-8/h8-9H,3-7H2,1-2H3,(H3,15,16,17,20). The van der Waals surface area contributed by atoms with Crippen molar-refractivity contribution >= 4 is 23.4 Å². The Balaban J connectivity index is 2.19. The van der Waals surface area contributed by atoms with E-state index in [0.29, 0.717) is 17.9 Å². The fourth-order valence-electron chi connectivity index (χ4n) is 3.54. The molecule has 1 atom stereocenters. The smallest absolute Gasteiger partial charge is 0.278 e. The summed E-state index contributed by atoms with van der Waals surface area (Å²) in [6.45, 7) is 1.99.